The monoisotopic (exact) mass is 351 g/mol. The van der Waals surface area contributed by atoms with Gasteiger partial charge >= 0.3 is 0 Å². The number of nitrogens with one attached hydrogen (secondary N) is 1. The molecule has 10 nitrogen and oxygen atoms in total. The molecule has 0 bridgehead atoms. The Labute approximate surface area is 138 Å². The van der Waals surface area contributed by atoms with Crippen LogP contribution in [0.3, 0.4) is 0 Å². The van der Waals surface area contributed by atoms with Crippen LogP contribution in [0, 0.1) is 0 Å². The summed E-state index contributed by atoms with van der Waals surface area (Å²) in [4.78, 5) is 11.0. The van der Waals surface area contributed by atoms with Gasteiger partial charge in [-0.2, -0.15) is 0 Å². The number of carbonyl (C=O) groups excluding carboxylic acids is 1. The van der Waals surface area contributed by atoms with Gasteiger partial charge in [0.25, 0.3) is 0 Å². The quantitative estimate of drug-likeness (QED) is 0.302. The SMILES string of the molecule is CC(=O)N[C@H]1CO[C@H](CO[C@@H]2O[C@@H](C)[C@@H](O)[C@@H](O)[C@@H]2O)[C@@H](O)[C@@H]1O. The largest absolute Gasteiger partial charge is 0.388 e. The van der Waals surface area contributed by atoms with E-state index in [1.54, 1.807) is 0 Å². The van der Waals surface area contributed by atoms with Crippen molar-refractivity contribution in [1.29, 1.82) is 0 Å². The molecule has 0 unspecified atom stereocenters. The topological polar surface area (TPSA) is 158 Å². The van der Waals surface area contributed by atoms with Gasteiger partial charge in [0.15, 0.2) is 6.29 Å². The second-order valence-electron chi connectivity index (χ2n) is 6.17. The minimum Gasteiger partial charge on any atom is -0.388 e. The van der Waals surface area contributed by atoms with Crippen LogP contribution in [-0.2, 0) is 19.0 Å². The van der Waals surface area contributed by atoms with Crippen molar-refractivity contribution in [3.63, 3.8) is 0 Å². The first-order chi connectivity index (χ1) is 11.2. The highest BCUT2D eigenvalue weighted by molar-refractivity contribution is 5.73. The van der Waals surface area contributed by atoms with Crippen LogP contribution in [0.4, 0.5) is 0 Å². The molecule has 0 aromatic heterocycles. The van der Waals surface area contributed by atoms with Gasteiger partial charge in [-0.25, -0.2) is 0 Å². The standard InChI is InChI=1S/C14H25NO9/c1-5-9(17)12(20)13(21)14(24-5)23-4-8-11(19)10(18)7(3-22-8)15-6(2)16/h5,7-14,17-21H,3-4H2,1-2H3,(H,15,16)/t5-,7-,8+,9+,10+,11+,12+,13-,14+/m0/s1. The molecule has 2 aliphatic heterocycles. The second-order valence-corrected chi connectivity index (χ2v) is 6.17. The molecule has 2 heterocycles. The van der Waals surface area contributed by atoms with Crippen molar-refractivity contribution < 1.29 is 44.5 Å². The minimum atomic E-state index is -1.46. The number of amides is 1. The van der Waals surface area contributed by atoms with Crippen molar-refractivity contribution in [2.75, 3.05) is 13.2 Å². The highest BCUT2D eigenvalue weighted by Gasteiger charge is 2.44. The average molecular weight is 351 g/mol. The number of ether oxygens (including phenoxy) is 3. The number of carbonyl (C=O) groups is 1. The number of hydrogen-bond acceptors (Lipinski definition) is 9. The van der Waals surface area contributed by atoms with Crippen molar-refractivity contribution in [2.24, 2.45) is 0 Å². The normalized spacial score (nSPS) is 46.5. The maximum atomic E-state index is 11.0. The highest BCUT2D eigenvalue weighted by atomic mass is 16.7. The Bertz CT molecular complexity index is 436. The Hall–Kier alpha value is -0.850. The zero-order chi connectivity index (χ0) is 18.0. The summed E-state index contributed by atoms with van der Waals surface area (Å²) in [5.41, 5.74) is 0. The van der Waals surface area contributed by atoms with Crippen LogP contribution in [0.2, 0.25) is 0 Å². The van der Waals surface area contributed by atoms with E-state index < -0.39 is 55.1 Å². The van der Waals surface area contributed by atoms with Gasteiger partial charge in [-0.1, -0.05) is 0 Å². The smallest absolute Gasteiger partial charge is 0.217 e. The molecule has 2 fully saturated rings. The van der Waals surface area contributed by atoms with Crippen LogP contribution in [0.1, 0.15) is 13.8 Å². The predicted molar refractivity (Wildman–Crippen MR) is 77.7 cm³/mol. The summed E-state index contributed by atoms with van der Waals surface area (Å²) >= 11 is 0. The molecule has 0 aromatic carbocycles. The van der Waals surface area contributed by atoms with Gasteiger partial charge in [0.1, 0.15) is 36.6 Å². The van der Waals surface area contributed by atoms with E-state index in [-0.39, 0.29) is 19.1 Å². The summed E-state index contributed by atoms with van der Waals surface area (Å²) in [6.07, 6.45) is -9.54. The molecule has 140 valence electrons. The molecule has 9 atom stereocenters. The van der Waals surface area contributed by atoms with E-state index in [2.05, 4.69) is 5.32 Å². The summed E-state index contributed by atoms with van der Waals surface area (Å²) in [5.74, 6) is -0.357. The van der Waals surface area contributed by atoms with Gasteiger partial charge in [-0.05, 0) is 6.92 Å². The Morgan fingerprint density at radius 3 is 2.38 bits per heavy atom. The van der Waals surface area contributed by atoms with Gasteiger partial charge in [-0.15, -0.1) is 0 Å². The van der Waals surface area contributed by atoms with Gasteiger partial charge in [0, 0.05) is 6.92 Å². The van der Waals surface area contributed by atoms with Crippen LogP contribution in [-0.4, -0.2) is 99.7 Å². The van der Waals surface area contributed by atoms with E-state index in [1.165, 1.54) is 13.8 Å². The number of rotatable bonds is 4. The molecule has 1 amide bonds. The van der Waals surface area contributed by atoms with Crippen LogP contribution in [0.15, 0.2) is 0 Å². The Morgan fingerprint density at radius 1 is 1.08 bits per heavy atom. The fourth-order valence-electron chi connectivity index (χ4n) is 2.76. The Kier molecular flexibility index (Phi) is 6.51. The van der Waals surface area contributed by atoms with E-state index in [4.69, 9.17) is 14.2 Å². The molecule has 0 aromatic rings. The fourth-order valence-corrected chi connectivity index (χ4v) is 2.76. The Morgan fingerprint density at radius 2 is 1.75 bits per heavy atom. The first-order valence-electron chi connectivity index (χ1n) is 7.78. The average Bonchev–Trinajstić information content (AvgIpc) is 2.53. The molecule has 24 heavy (non-hydrogen) atoms. The first kappa shape index (κ1) is 19.5. The second kappa shape index (κ2) is 8.02. The van der Waals surface area contributed by atoms with Gasteiger partial charge in [0.05, 0.1) is 25.4 Å². The van der Waals surface area contributed by atoms with E-state index in [9.17, 15) is 30.3 Å². The van der Waals surface area contributed by atoms with Crippen molar-refractivity contribution in [1.82, 2.24) is 5.32 Å². The molecule has 0 radical (unpaired) electrons. The van der Waals surface area contributed by atoms with Gasteiger partial charge in [0.2, 0.25) is 5.91 Å². The number of aliphatic hydroxyl groups excluding tert-OH is 5. The van der Waals surface area contributed by atoms with Crippen LogP contribution < -0.4 is 5.32 Å². The lowest BCUT2D eigenvalue weighted by atomic mass is 9.98. The van der Waals surface area contributed by atoms with Crippen molar-refractivity contribution in [2.45, 2.75) is 68.9 Å². The third kappa shape index (κ3) is 4.21. The number of aliphatic hydroxyl groups is 5. The van der Waals surface area contributed by atoms with E-state index in [0.717, 1.165) is 0 Å². The summed E-state index contributed by atoms with van der Waals surface area (Å²) in [6.45, 7) is 2.57. The maximum Gasteiger partial charge on any atom is 0.217 e. The molecule has 10 heteroatoms. The zero-order valence-electron chi connectivity index (χ0n) is 13.5. The summed E-state index contributed by atoms with van der Waals surface area (Å²) in [5, 5.41) is 51.7. The van der Waals surface area contributed by atoms with Gasteiger partial charge in [-0.3, -0.25) is 4.79 Å². The molecular formula is C14H25NO9. The maximum absolute atomic E-state index is 11.0. The highest BCUT2D eigenvalue weighted by Crippen LogP contribution is 2.23. The van der Waals surface area contributed by atoms with E-state index in [0.29, 0.717) is 0 Å². The zero-order valence-corrected chi connectivity index (χ0v) is 13.5. The lowest BCUT2D eigenvalue weighted by Crippen LogP contribution is -2.61. The molecule has 0 aliphatic carbocycles. The lowest BCUT2D eigenvalue weighted by Gasteiger charge is -2.41. The third-order valence-electron chi connectivity index (χ3n) is 4.25. The predicted octanol–water partition coefficient (Wildman–Crippen LogP) is -3.54. The van der Waals surface area contributed by atoms with E-state index in [1.807, 2.05) is 0 Å². The molecular weight excluding hydrogens is 326 g/mol. The van der Waals surface area contributed by atoms with Crippen LogP contribution in [0.25, 0.3) is 0 Å². The number of hydrogen-bond donors (Lipinski definition) is 6. The molecule has 2 saturated heterocycles. The third-order valence-corrected chi connectivity index (χ3v) is 4.25. The van der Waals surface area contributed by atoms with Crippen LogP contribution >= 0.6 is 0 Å². The van der Waals surface area contributed by atoms with Crippen molar-refractivity contribution in [3.8, 4) is 0 Å². The van der Waals surface area contributed by atoms with E-state index >= 15 is 0 Å². The van der Waals surface area contributed by atoms with Crippen LogP contribution in [0.5, 0.6) is 0 Å². The first-order valence-corrected chi connectivity index (χ1v) is 7.78. The molecule has 2 aliphatic rings. The fraction of sp³-hybridized carbons (Fsp3) is 0.929. The Balaban J connectivity index is 1.87. The summed E-state index contributed by atoms with van der Waals surface area (Å²) in [7, 11) is 0. The molecule has 6 N–H and O–H groups in total. The summed E-state index contributed by atoms with van der Waals surface area (Å²) in [6, 6.07) is -0.734. The van der Waals surface area contributed by atoms with Crippen molar-refractivity contribution in [3.05, 3.63) is 0 Å². The molecule has 0 saturated carbocycles. The van der Waals surface area contributed by atoms with Gasteiger partial charge < -0.3 is 45.1 Å². The molecule has 2 rings (SSSR count). The molecule has 0 spiro atoms. The summed E-state index contributed by atoms with van der Waals surface area (Å²) < 4.78 is 16.0. The lowest BCUT2D eigenvalue weighted by molar-refractivity contribution is -0.302. The minimum absolute atomic E-state index is 0.0162. The van der Waals surface area contributed by atoms with Crippen molar-refractivity contribution >= 4 is 5.91 Å².